The van der Waals surface area contributed by atoms with E-state index in [1.54, 1.807) is 0 Å². The molecule has 1 N–H and O–H groups in total. The van der Waals surface area contributed by atoms with E-state index in [4.69, 9.17) is 11.6 Å². The van der Waals surface area contributed by atoms with Crippen molar-refractivity contribution in [2.45, 2.75) is 0 Å². The number of nitro groups is 1. The predicted octanol–water partition coefficient (Wildman–Crippen LogP) is 3.17. The van der Waals surface area contributed by atoms with Gasteiger partial charge >= 0.3 is 5.69 Å². The first kappa shape index (κ1) is 14.8. The minimum absolute atomic E-state index is 0.0227. The predicted molar refractivity (Wildman–Crippen MR) is 70.2 cm³/mol. The van der Waals surface area contributed by atoms with Crippen LogP contribution in [0.3, 0.4) is 0 Å². The van der Waals surface area contributed by atoms with Crippen molar-refractivity contribution in [2.24, 2.45) is 0 Å². The molecular formula is C12H6ClF2N3O3. The summed E-state index contributed by atoms with van der Waals surface area (Å²) in [7, 11) is 0. The molecule has 0 aliphatic rings. The number of carbonyl (C=O) groups excluding carboxylic acids is 1. The third kappa shape index (κ3) is 2.95. The van der Waals surface area contributed by atoms with Crippen molar-refractivity contribution in [1.29, 1.82) is 0 Å². The standard InChI is InChI=1S/C12H6ClF2N3O3/c13-6-3-4-16-5-8(6)17-12(19)10-7(14)1-2-9(11(10)15)18(20)21/h1-5H,(H,17,19). The Morgan fingerprint density at radius 3 is 2.67 bits per heavy atom. The van der Waals surface area contributed by atoms with Crippen molar-refractivity contribution >= 4 is 28.9 Å². The summed E-state index contributed by atoms with van der Waals surface area (Å²) in [6.45, 7) is 0. The second kappa shape index (κ2) is 5.80. The third-order valence-corrected chi connectivity index (χ3v) is 2.84. The highest BCUT2D eigenvalue weighted by Gasteiger charge is 2.26. The molecule has 0 saturated heterocycles. The number of amides is 1. The fraction of sp³-hybridized carbons (Fsp3) is 0. The summed E-state index contributed by atoms with van der Waals surface area (Å²) in [6.07, 6.45) is 2.53. The van der Waals surface area contributed by atoms with Gasteiger partial charge in [0, 0.05) is 12.3 Å². The molecule has 1 aromatic heterocycles. The lowest BCUT2D eigenvalue weighted by Gasteiger charge is -2.08. The second-order valence-corrected chi connectivity index (χ2v) is 4.23. The summed E-state index contributed by atoms with van der Waals surface area (Å²) < 4.78 is 27.4. The Labute approximate surface area is 121 Å². The molecule has 1 aromatic carbocycles. The van der Waals surface area contributed by atoms with E-state index in [1.165, 1.54) is 18.5 Å². The zero-order chi connectivity index (χ0) is 15.6. The Morgan fingerprint density at radius 2 is 2.05 bits per heavy atom. The number of hydrogen-bond donors (Lipinski definition) is 1. The van der Waals surface area contributed by atoms with Crippen molar-refractivity contribution in [1.82, 2.24) is 4.98 Å². The van der Waals surface area contributed by atoms with Crippen molar-refractivity contribution < 1.29 is 18.5 Å². The molecule has 0 bridgehead atoms. The Balaban J connectivity index is 2.42. The SMILES string of the molecule is O=C(Nc1cnccc1Cl)c1c(F)ccc([N+](=O)[O-])c1F. The van der Waals surface area contributed by atoms with Gasteiger partial charge in [-0.25, -0.2) is 4.39 Å². The van der Waals surface area contributed by atoms with Crippen LogP contribution in [-0.2, 0) is 0 Å². The van der Waals surface area contributed by atoms with Crippen LogP contribution in [0.5, 0.6) is 0 Å². The number of halogens is 3. The number of nitrogens with zero attached hydrogens (tertiary/aromatic N) is 2. The van der Waals surface area contributed by atoms with E-state index in [0.29, 0.717) is 12.1 Å². The lowest BCUT2D eigenvalue weighted by Crippen LogP contribution is -2.17. The average Bonchev–Trinajstić information content (AvgIpc) is 2.41. The number of aromatic nitrogens is 1. The fourth-order valence-electron chi connectivity index (χ4n) is 1.54. The normalized spacial score (nSPS) is 10.2. The van der Waals surface area contributed by atoms with Crippen LogP contribution in [0.25, 0.3) is 0 Å². The molecule has 0 unspecified atom stereocenters. The highest BCUT2D eigenvalue weighted by Crippen LogP contribution is 2.25. The van der Waals surface area contributed by atoms with Crippen LogP contribution in [0.4, 0.5) is 20.2 Å². The first-order valence-corrected chi connectivity index (χ1v) is 5.83. The monoisotopic (exact) mass is 313 g/mol. The lowest BCUT2D eigenvalue weighted by atomic mass is 10.1. The fourth-order valence-corrected chi connectivity index (χ4v) is 1.70. The first-order chi connectivity index (χ1) is 9.91. The van der Waals surface area contributed by atoms with Gasteiger partial charge in [0.15, 0.2) is 0 Å². The van der Waals surface area contributed by atoms with Crippen molar-refractivity contribution in [3.63, 3.8) is 0 Å². The quantitative estimate of drug-likeness (QED) is 0.696. The van der Waals surface area contributed by atoms with Gasteiger partial charge in [0.2, 0.25) is 5.82 Å². The first-order valence-electron chi connectivity index (χ1n) is 5.45. The smallest absolute Gasteiger partial charge is 0.305 e. The maximum Gasteiger partial charge on any atom is 0.305 e. The van der Waals surface area contributed by atoms with Crippen LogP contribution in [0.1, 0.15) is 10.4 Å². The molecule has 0 saturated carbocycles. The van der Waals surface area contributed by atoms with Gasteiger partial charge in [0.1, 0.15) is 11.4 Å². The zero-order valence-electron chi connectivity index (χ0n) is 10.1. The van der Waals surface area contributed by atoms with Gasteiger partial charge in [-0.1, -0.05) is 11.6 Å². The summed E-state index contributed by atoms with van der Waals surface area (Å²) in [4.78, 5) is 25.1. The van der Waals surface area contributed by atoms with Crippen LogP contribution in [0, 0.1) is 21.7 Å². The minimum atomic E-state index is -1.56. The summed E-state index contributed by atoms with van der Waals surface area (Å²) in [6, 6.07) is 2.64. The van der Waals surface area contributed by atoms with E-state index in [1.807, 2.05) is 0 Å². The van der Waals surface area contributed by atoms with Gasteiger partial charge < -0.3 is 5.32 Å². The van der Waals surface area contributed by atoms with Crippen molar-refractivity contribution in [3.05, 3.63) is 62.9 Å². The Kier molecular flexibility index (Phi) is 4.08. The molecular weight excluding hydrogens is 308 g/mol. The van der Waals surface area contributed by atoms with E-state index in [0.717, 1.165) is 0 Å². The molecule has 0 fully saturated rings. The molecule has 1 amide bonds. The lowest BCUT2D eigenvalue weighted by molar-refractivity contribution is -0.387. The molecule has 0 aliphatic carbocycles. The highest BCUT2D eigenvalue weighted by molar-refractivity contribution is 6.33. The minimum Gasteiger partial charge on any atom is -0.319 e. The molecule has 0 radical (unpaired) electrons. The van der Waals surface area contributed by atoms with Crippen LogP contribution < -0.4 is 5.32 Å². The Hall–Kier alpha value is -2.61. The van der Waals surface area contributed by atoms with Crippen LogP contribution in [0.15, 0.2) is 30.6 Å². The van der Waals surface area contributed by atoms with Crippen LogP contribution in [0.2, 0.25) is 5.02 Å². The van der Waals surface area contributed by atoms with E-state index >= 15 is 0 Å². The number of hydrogen-bond acceptors (Lipinski definition) is 4. The summed E-state index contributed by atoms with van der Waals surface area (Å²) in [5.41, 5.74) is -2.04. The number of carbonyl (C=O) groups is 1. The molecule has 1 heterocycles. The number of benzene rings is 1. The van der Waals surface area contributed by atoms with Crippen molar-refractivity contribution in [3.8, 4) is 0 Å². The molecule has 21 heavy (non-hydrogen) atoms. The van der Waals surface area contributed by atoms with Crippen molar-refractivity contribution in [2.75, 3.05) is 5.32 Å². The largest absolute Gasteiger partial charge is 0.319 e. The Bertz CT molecular complexity index is 740. The summed E-state index contributed by atoms with van der Waals surface area (Å²) in [5.74, 6) is -3.99. The van der Waals surface area contributed by atoms with Crippen LogP contribution in [-0.4, -0.2) is 15.8 Å². The number of nitro benzene ring substituents is 1. The topological polar surface area (TPSA) is 85.1 Å². The molecule has 9 heteroatoms. The number of rotatable bonds is 3. The van der Waals surface area contributed by atoms with Gasteiger partial charge in [0.05, 0.1) is 21.8 Å². The molecule has 2 aromatic rings. The van der Waals surface area contributed by atoms with Gasteiger partial charge in [-0.15, -0.1) is 0 Å². The van der Waals surface area contributed by atoms with E-state index in [2.05, 4.69) is 10.3 Å². The van der Waals surface area contributed by atoms with E-state index in [9.17, 15) is 23.7 Å². The molecule has 2 rings (SSSR count). The third-order valence-electron chi connectivity index (χ3n) is 2.51. The second-order valence-electron chi connectivity index (χ2n) is 3.82. The summed E-state index contributed by atoms with van der Waals surface area (Å²) in [5, 5.41) is 12.8. The average molecular weight is 314 g/mol. The van der Waals surface area contributed by atoms with Gasteiger partial charge in [0.25, 0.3) is 5.91 Å². The number of nitrogens with one attached hydrogen (secondary N) is 1. The molecule has 0 spiro atoms. The van der Waals surface area contributed by atoms with E-state index < -0.39 is 33.7 Å². The molecule has 6 nitrogen and oxygen atoms in total. The van der Waals surface area contributed by atoms with Crippen LogP contribution >= 0.6 is 11.6 Å². The molecule has 0 aliphatic heterocycles. The molecule has 108 valence electrons. The maximum atomic E-state index is 13.8. The van der Waals surface area contributed by atoms with Gasteiger partial charge in [-0.3, -0.25) is 19.9 Å². The summed E-state index contributed by atoms with van der Waals surface area (Å²) >= 11 is 5.77. The molecule has 0 atom stereocenters. The number of anilines is 1. The van der Waals surface area contributed by atoms with Gasteiger partial charge in [-0.2, -0.15) is 4.39 Å². The van der Waals surface area contributed by atoms with E-state index in [-0.39, 0.29) is 10.7 Å². The zero-order valence-corrected chi connectivity index (χ0v) is 10.9. The van der Waals surface area contributed by atoms with Gasteiger partial charge in [-0.05, 0) is 12.1 Å². The Morgan fingerprint density at radius 1 is 1.33 bits per heavy atom. The highest BCUT2D eigenvalue weighted by atomic mass is 35.5. The number of pyridine rings is 1. The maximum absolute atomic E-state index is 13.8.